The minimum atomic E-state index is -4.41. The summed E-state index contributed by atoms with van der Waals surface area (Å²) >= 11 is 0. The SMILES string of the molecule is CC1(C)C(c2ccc(C(F)(F)F)cc2)=NN(c2ccccc2)C1COC(=O)c1ccccc1. The number of nitrogens with zero attached hydrogens (tertiary/aromatic N) is 2. The predicted molar refractivity (Wildman–Crippen MR) is 121 cm³/mol. The largest absolute Gasteiger partial charge is 0.460 e. The van der Waals surface area contributed by atoms with E-state index in [1.807, 2.05) is 50.2 Å². The molecule has 0 saturated heterocycles. The first-order valence-electron chi connectivity index (χ1n) is 10.5. The van der Waals surface area contributed by atoms with Gasteiger partial charge in [-0.25, -0.2) is 4.79 Å². The summed E-state index contributed by atoms with van der Waals surface area (Å²) in [5, 5.41) is 6.57. The lowest BCUT2D eigenvalue weighted by molar-refractivity contribution is -0.137. The Bertz CT molecular complexity index is 1140. The average Bonchev–Trinajstić information content (AvgIpc) is 3.08. The van der Waals surface area contributed by atoms with Crippen LogP contribution in [0.3, 0.4) is 0 Å². The Morgan fingerprint density at radius 2 is 1.52 bits per heavy atom. The molecule has 4 nitrogen and oxygen atoms in total. The van der Waals surface area contributed by atoms with Crippen LogP contribution in [0.5, 0.6) is 0 Å². The van der Waals surface area contributed by atoms with Gasteiger partial charge in [0.1, 0.15) is 6.61 Å². The summed E-state index contributed by atoms with van der Waals surface area (Å²) in [7, 11) is 0. The van der Waals surface area contributed by atoms with Crippen molar-refractivity contribution in [2.24, 2.45) is 10.5 Å². The quantitative estimate of drug-likeness (QED) is 0.434. The maximum atomic E-state index is 13.0. The van der Waals surface area contributed by atoms with Gasteiger partial charge in [-0.1, -0.05) is 62.4 Å². The Kier molecular flexibility index (Phi) is 5.97. The van der Waals surface area contributed by atoms with Crippen LogP contribution in [0.1, 0.15) is 35.3 Å². The van der Waals surface area contributed by atoms with Gasteiger partial charge in [0, 0.05) is 5.41 Å². The number of carbonyl (C=O) groups is 1. The lowest BCUT2D eigenvalue weighted by Crippen LogP contribution is -2.44. The number of hydrogen-bond donors (Lipinski definition) is 0. The molecule has 3 aromatic carbocycles. The molecule has 4 rings (SSSR count). The Labute approximate surface area is 190 Å². The van der Waals surface area contributed by atoms with Gasteiger partial charge in [0.25, 0.3) is 0 Å². The molecule has 0 spiro atoms. The fraction of sp³-hybridized carbons (Fsp3) is 0.231. The summed E-state index contributed by atoms with van der Waals surface area (Å²) in [6, 6.07) is 22.8. The first kappa shape index (κ1) is 22.6. The lowest BCUT2D eigenvalue weighted by atomic mass is 9.78. The van der Waals surface area contributed by atoms with E-state index in [2.05, 4.69) is 0 Å². The first-order valence-corrected chi connectivity index (χ1v) is 10.5. The molecular weight excluding hydrogens is 429 g/mol. The molecule has 1 aliphatic heterocycles. The van der Waals surface area contributed by atoms with Crippen LogP contribution >= 0.6 is 0 Å². The Morgan fingerprint density at radius 3 is 2.09 bits per heavy atom. The van der Waals surface area contributed by atoms with E-state index in [-0.39, 0.29) is 12.6 Å². The standard InChI is InChI=1S/C26H23F3N2O2/c1-25(2)22(17-33-24(32)19-9-5-3-6-10-19)31(21-11-7-4-8-12-21)30-23(25)18-13-15-20(16-14-18)26(27,28)29/h3-16,22H,17H2,1-2H3. The third-order valence-electron chi connectivity index (χ3n) is 5.83. The molecule has 3 aromatic rings. The van der Waals surface area contributed by atoms with Crippen LogP contribution in [-0.4, -0.2) is 24.3 Å². The van der Waals surface area contributed by atoms with Gasteiger partial charge in [-0.3, -0.25) is 5.01 Å². The van der Waals surface area contributed by atoms with Crippen LogP contribution in [0, 0.1) is 5.41 Å². The van der Waals surface area contributed by atoms with Gasteiger partial charge in [0.05, 0.1) is 28.6 Å². The van der Waals surface area contributed by atoms with E-state index >= 15 is 0 Å². The minimum absolute atomic E-state index is 0.0588. The second kappa shape index (κ2) is 8.73. The predicted octanol–water partition coefficient (Wildman–Crippen LogP) is 6.18. The summed E-state index contributed by atoms with van der Waals surface area (Å²) in [6.07, 6.45) is -4.41. The highest BCUT2D eigenvalue weighted by Crippen LogP contribution is 2.40. The van der Waals surface area contributed by atoms with Crippen molar-refractivity contribution in [2.75, 3.05) is 11.6 Å². The number of para-hydroxylation sites is 1. The van der Waals surface area contributed by atoms with Crippen LogP contribution in [0.25, 0.3) is 0 Å². The van der Waals surface area contributed by atoms with E-state index in [0.29, 0.717) is 16.8 Å². The van der Waals surface area contributed by atoms with Crippen molar-refractivity contribution in [3.63, 3.8) is 0 Å². The highest BCUT2D eigenvalue weighted by Gasteiger charge is 2.46. The number of esters is 1. The molecule has 7 heteroatoms. The van der Waals surface area contributed by atoms with Crippen LogP contribution in [0.15, 0.2) is 90.0 Å². The summed E-state index contributed by atoms with van der Waals surface area (Å²) in [4.78, 5) is 12.6. The third kappa shape index (κ3) is 4.62. The molecule has 1 atom stereocenters. The van der Waals surface area contributed by atoms with Crippen molar-refractivity contribution in [3.05, 3.63) is 102 Å². The molecule has 0 saturated carbocycles. The maximum absolute atomic E-state index is 13.0. The first-order chi connectivity index (χ1) is 15.7. The molecule has 170 valence electrons. The molecule has 0 radical (unpaired) electrons. The van der Waals surface area contributed by atoms with Gasteiger partial charge >= 0.3 is 12.1 Å². The number of ether oxygens (including phenoxy) is 1. The second-order valence-corrected chi connectivity index (χ2v) is 8.41. The van der Waals surface area contributed by atoms with Gasteiger partial charge in [0.2, 0.25) is 0 Å². The zero-order valence-corrected chi connectivity index (χ0v) is 18.2. The van der Waals surface area contributed by atoms with Crippen molar-refractivity contribution in [1.82, 2.24) is 0 Å². The number of hydrazone groups is 1. The third-order valence-corrected chi connectivity index (χ3v) is 5.83. The molecule has 0 aromatic heterocycles. The molecular formula is C26H23F3N2O2. The summed E-state index contributed by atoms with van der Waals surface area (Å²) in [5.41, 5.74) is 1.13. The summed E-state index contributed by atoms with van der Waals surface area (Å²) < 4.78 is 44.7. The monoisotopic (exact) mass is 452 g/mol. The molecule has 0 aliphatic carbocycles. The summed E-state index contributed by atoms with van der Waals surface area (Å²) in [5.74, 6) is -0.442. The van der Waals surface area contributed by atoms with E-state index in [1.54, 1.807) is 29.3 Å². The lowest BCUT2D eigenvalue weighted by Gasteiger charge is -2.32. The van der Waals surface area contributed by atoms with Crippen molar-refractivity contribution in [2.45, 2.75) is 26.1 Å². The molecule has 33 heavy (non-hydrogen) atoms. The number of benzene rings is 3. The summed E-state index contributed by atoms with van der Waals surface area (Å²) in [6.45, 7) is 3.96. The number of alkyl halides is 3. The number of halogens is 3. The topological polar surface area (TPSA) is 41.9 Å². The van der Waals surface area contributed by atoms with Gasteiger partial charge in [0.15, 0.2) is 0 Å². The van der Waals surface area contributed by atoms with Crippen LogP contribution in [-0.2, 0) is 10.9 Å². The maximum Gasteiger partial charge on any atom is 0.416 e. The normalized spacial score (nSPS) is 17.5. The van der Waals surface area contributed by atoms with Crippen molar-refractivity contribution in [1.29, 1.82) is 0 Å². The van der Waals surface area contributed by atoms with Crippen molar-refractivity contribution >= 4 is 17.4 Å². The average molecular weight is 452 g/mol. The molecule has 0 bridgehead atoms. The molecule has 0 N–H and O–H groups in total. The van der Waals surface area contributed by atoms with Gasteiger partial charge in [-0.05, 0) is 42.0 Å². The fourth-order valence-electron chi connectivity index (χ4n) is 3.93. The van der Waals surface area contributed by atoms with Crippen LogP contribution < -0.4 is 5.01 Å². The van der Waals surface area contributed by atoms with E-state index < -0.39 is 23.1 Å². The number of rotatable bonds is 5. The Hall–Kier alpha value is -3.61. The Morgan fingerprint density at radius 1 is 0.939 bits per heavy atom. The number of carbonyl (C=O) groups excluding carboxylic acids is 1. The van der Waals surface area contributed by atoms with E-state index in [0.717, 1.165) is 17.8 Å². The molecule has 0 fully saturated rings. The van der Waals surface area contributed by atoms with Crippen LogP contribution in [0.4, 0.5) is 18.9 Å². The highest BCUT2D eigenvalue weighted by atomic mass is 19.4. The number of anilines is 1. The van der Waals surface area contributed by atoms with E-state index in [4.69, 9.17) is 9.84 Å². The van der Waals surface area contributed by atoms with Crippen LogP contribution in [0.2, 0.25) is 0 Å². The minimum Gasteiger partial charge on any atom is -0.460 e. The highest BCUT2D eigenvalue weighted by molar-refractivity contribution is 6.07. The molecule has 1 unspecified atom stereocenters. The smallest absolute Gasteiger partial charge is 0.416 e. The zero-order chi connectivity index (χ0) is 23.6. The van der Waals surface area contributed by atoms with Crippen molar-refractivity contribution < 1.29 is 22.7 Å². The van der Waals surface area contributed by atoms with Gasteiger partial charge in [-0.15, -0.1) is 0 Å². The van der Waals surface area contributed by atoms with Gasteiger partial charge < -0.3 is 4.74 Å². The van der Waals surface area contributed by atoms with Gasteiger partial charge in [-0.2, -0.15) is 18.3 Å². The Balaban J connectivity index is 1.65. The molecule has 1 aliphatic rings. The number of hydrogen-bond acceptors (Lipinski definition) is 4. The zero-order valence-electron chi connectivity index (χ0n) is 18.2. The fourth-order valence-corrected chi connectivity index (χ4v) is 3.93. The second-order valence-electron chi connectivity index (χ2n) is 8.41. The van der Waals surface area contributed by atoms with E-state index in [1.165, 1.54) is 12.1 Å². The molecule has 1 heterocycles. The van der Waals surface area contributed by atoms with E-state index in [9.17, 15) is 18.0 Å². The molecule has 0 amide bonds. The van der Waals surface area contributed by atoms with Crippen molar-refractivity contribution in [3.8, 4) is 0 Å².